The van der Waals surface area contributed by atoms with E-state index in [0.717, 1.165) is 51.4 Å². The molecule has 0 bridgehead atoms. The van der Waals surface area contributed by atoms with E-state index in [2.05, 4.69) is 43.5 Å². The van der Waals surface area contributed by atoms with Crippen molar-refractivity contribution in [2.75, 3.05) is 13.2 Å². The molecule has 0 saturated carbocycles. The van der Waals surface area contributed by atoms with E-state index in [0.29, 0.717) is 25.9 Å². The van der Waals surface area contributed by atoms with E-state index in [1.54, 1.807) is 0 Å². The molecular weight excluding hydrogens is 1040 g/mol. The lowest BCUT2D eigenvalue weighted by Crippen LogP contribution is -2.45. The van der Waals surface area contributed by atoms with Gasteiger partial charge in [0.05, 0.1) is 25.4 Å². The van der Waals surface area contributed by atoms with Crippen molar-refractivity contribution in [1.82, 2.24) is 5.32 Å². The molecule has 0 aliphatic carbocycles. The minimum atomic E-state index is -0.663. The normalized spacial score (nSPS) is 12.6. The summed E-state index contributed by atoms with van der Waals surface area (Å²) < 4.78 is 5.51. The Morgan fingerprint density at radius 3 is 0.918 bits per heavy atom. The van der Waals surface area contributed by atoms with E-state index in [4.69, 9.17) is 4.74 Å². The van der Waals surface area contributed by atoms with Crippen LogP contribution in [0, 0.1) is 0 Å². The summed E-state index contributed by atoms with van der Waals surface area (Å²) in [6.07, 6.45) is 95.4. The zero-order chi connectivity index (χ0) is 61.3. The Morgan fingerprint density at radius 2 is 0.588 bits per heavy atom. The molecule has 0 aliphatic rings. The van der Waals surface area contributed by atoms with Gasteiger partial charge in [-0.2, -0.15) is 0 Å². The number of hydrogen-bond donors (Lipinski definition) is 3. The number of hydrogen-bond acceptors (Lipinski definition) is 5. The molecule has 2 unspecified atom stereocenters. The summed E-state index contributed by atoms with van der Waals surface area (Å²) in [6.45, 7) is 4.98. The van der Waals surface area contributed by atoms with Gasteiger partial charge in [-0.15, -0.1) is 0 Å². The monoisotopic (exact) mass is 1200 g/mol. The zero-order valence-electron chi connectivity index (χ0n) is 57.9. The third-order valence-corrected chi connectivity index (χ3v) is 18.5. The first-order valence-electron chi connectivity index (χ1n) is 39.1. The number of unbranched alkanes of at least 4 members (excludes halogenated alkanes) is 59. The Balaban J connectivity index is 3.33. The summed E-state index contributed by atoms with van der Waals surface area (Å²) in [4.78, 5) is 24.7. The standard InChI is InChI=1S/C79H153NO5/c1-3-5-7-9-11-13-15-17-19-21-23-36-39-43-47-51-55-59-63-67-71-77(82)76(75-81)80-78(83)72-68-64-60-56-52-48-44-40-37-33-31-29-27-25-24-26-28-30-32-34-38-42-46-50-54-58-62-66-70-74-85-79(84)73-69-65-61-57-53-49-45-41-35-22-20-18-16-14-12-10-8-6-4-2/h12,14,18,20,76-77,81-82H,3-11,13,15-17,19,21-75H2,1-2H3,(H,80,83)/b14-12-,20-18-. The molecule has 0 fully saturated rings. The highest BCUT2D eigenvalue weighted by molar-refractivity contribution is 5.76. The molecule has 0 aromatic heterocycles. The summed E-state index contributed by atoms with van der Waals surface area (Å²) in [5.74, 6) is -0.00961. The van der Waals surface area contributed by atoms with Crippen molar-refractivity contribution in [1.29, 1.82) is 0 Å². The molecule has 6 nitrogen and oxygen atoms in total. The molecule has 0 heterocycles. The van der Waals surface area contributed by atoms with Crippen LogP contribution in [0.2, 0.25) is 0 Å². The van der Waals surface area contributed by atoms with Crippen LogP contribution in [0.5, 0.6) is 0 Å². The summed E-state index contributed by atoms with van der Waals surface area (Å²) in [5, 5.41) is 23.4. The van der Waals surface area contributed by atoms with Gasteiger partial charge in [-0.1, -0.05) is 398 Å². The Bertz CT molecular complexity index is 1330. The third-order valence-electron chi connectivity index (χ3n) is 18.5. The van der Waals surface area contributed by atoms with Gasteiger partial charge in [0, 0.05) is 12.8 Å². The Kier molecular flexibility index (Phi) is 73.3. The fourth-order valence-corrected chi connectivity index (χ4v) is 12.6. The Labute approximate surface area is 532 Å². The van der Waals surface area contributed by atoms with Gasteiger partial charge in [0.1, 0.15) is 0 Å². The maximum absolute atomic E-state index is 12.6. The maximum atomic E-state index is 12.6. The highest BCUT2D eigenvalue weighted by Crippen LogP contribution is 2.20. The van der Waals surface area contributed by atoms with Crippen molar-refractivity contribution >= 4 is 11.9 Å². The van der Waals surface area contributed by atoms with Crippen molar-refractivity contribution in [2.45, 2.75) is 456 Å². The molecule has 0 aromatic rings. The van der Waals surface area contributed by atoms with Gasteiger partial charge in [-0.25, -0.2) is 0 Å². The molecule has 504 valence electrons. The number of carbonyl (C=O) groups excluding carboxylic acids is 2. The molecular formula is C79H153NO5. The van der Waals surface area contributed by atoms with Gasteiger partial charge in [0.15, 0.2) is 0 Å². The van der Waals surface area contributed by atoms with E-state index in [-0.39, 0.29) is 18.5 Å². The van der Waals surface area contributed by atoms with Gasteiger partial charge in [-0.05, 0) is 57.8 Å². The molecule has 0 saturated heterocycles. The lowest BCUT2D eigenvalue weighted by Gasteiger charge is -2.22. The first-order chi connectivity index (χ1) is 42.0. The number of esters is 1. The maximum Gasteiger partial charge on any atom is 0.305 e. The number of ether oxygens (including phenoxy) is 1. The van der Waals surface area contributed by atoms with Crippen molar-refractivity contribution in [2.24, 2.45) is 0 Å². The summed E-state index contributed by atoms with van der Waals surface area (Å²) in [5.41, 5.74) is 0. The van der Waals surface area contributed by atoms with Gasteiger partial charge in [-0.3, -0.25) is 9.59 Å². The molecule has 1 amide bonds. The van der Waals surface area contributed by atoms with Gasteiger partial charge in [0.2, 0.25) is 5.91 Å². The van der Waals surface area contributed by atoms with Crippen LogP contribution in [0.4, 0.5) is 0 Å². The zero-order valence-corrected chi connectivity index (χ0v) is 57.9. The number of aliphatic hydroxyl groups is 2. The highest BCUT2D eigenvalue weighted by atomic mass is 16.5. The molecule has 85 heavy (non-hydrogen) atoms. The van der Waals surface area contributed by atoms with Crippen molar-refractivity contribution in [3.63, 3.8) is 0 Å². The second-order valence-electron chi connectivity index (χ2n) is 27.0. The van der Waals surface area contributed by atoms with Crippen LogP contribution >= 0.6 is 0 Å². The SMILES string of the molecule is CCCCC/C=C\C/C=C\CCCCCCCCCCCC(=O)OCCCCCCCCCCCCCCCCCCCCCCCCCCCCCCCC(=O)NC(CO)C(O)CCCCCCCCCCCCCCCCCCCCCC. The second-order valence-corrected chi connectivity index (χ2v) is 27.0. The largest absolute Gasteiger partial charge is 0.466 e. The number of rotatable bonds is 74. The fourth-order valence-electron chi connectivity index (χ4n) is 12.6. The van der Waals surface area contributed by atoms with Crippen LogP contribution in [0.1, 0.15) is 444 Å². The van der Waals surface area contributed by atoms with Crippen molar-refractivity contribution in [3.05, 3.63) is 24.3 Å². The molecule has 0 spiro atoms. The quantitative estimate of drug-likeness (QED) is 0.0320. The van der Waals surface area contributed by atoms with Crippen molar-refractivity contribution < 1.29 is 24.5 Å². The van der Waals surface area contributed by atoms with E-state index >= 15 is 0 Å². The van der Waals surface area contributed by atoms with E-state index in [9.17, 15) is 19.8 Å². The summed E-state index contributed by atoms with van der Waals surface area (Å²) >= 11 is 0. The average Bonchev–Trinajstić information content (AvgIpc) is 3.50. The van der Waals surface area contributed by atoms with Crippen LogP contribution in [-0.4, -0.2) is 47.4 Å². The van der Waals surface area contributed by atoms with Crippen LogP contribution in [0.3, 0.4) is 0 Å². The van der Waals surface area contributed by atoms with Gasteiger partial charge >= 0.3 is 5.97 Å². The van der Waals surface area contributed by atoms with E-state index in [1.807, 2.05) is 0 Å². The van der Waals surface area contributed by atoms with E-state index in [1.165, 1.54) is 360 Å². The molecule has 6 heteroatoms. The van der Waals surface area contributed by atoms with Crippen LogP contribution < -0.4 is 5.32 Å². The first kappa shape index (κ1) is 83.3. The van der Waals surface area contributed by atoms with Crippen LogP contribution in [0.15, 0.2) is 24.3 Å². The molecule has 3 N–H and O–H groups in total. The van der Waals surface area contributed by atoms with Gasteiger partial charge in [0.25, 0.3) is 0 Å². The number of allylic oxidation sites excluding steroid dienone is 4. The summed E-state index contributed by atoms with van der Waals surface area (Å²) in [6, 6.07) is -0.539. The smallest absolute Gasteiger partial charge is 0.305 e. The van der Waals surface area contributed by atoms with Crippen LogP contribution in [0.25, 0.3) is 0 Å². The minimum absolute atomic E-state index is 0.0168. The number of aliphatic hydroxyl groups excluding tert-OH is 2. The number of nitrogens with one attached hydrogen (secondary N) is 1. The van der Waals surface area contributed by atoms with Crippen molar-refractivity contribution in [3.8, 4) is 0 Å². The third kappa shape index (κ3) is 71.3. The molecule has 0 aromatic carbocycles. The fraction of sp³-hybridized carbons (Fsp3) is 0.924. The average molecular weight is 1200 g/mol. The molecule has 0 aliphatic heterocycles. The summed E-state index contributed by atoms with van der Waals surface area (Å²) in [7, 11) is 0. The van der Waals surface area contributed by atoms with Crippen LogP contribution in [-0.2, 0) is 14.3 Å². The van der Waals surface area contributed by atoms with E-state index < -0.39 is 12.1 Å². The predicted molar refractivity (Wildman–Crippen MR) is 375 cm³/mol. The second kappa shape index (κ2) is 74.8. The lowest BCUT2D eigenvalue weighted by atomic mass is 10.0. The lowest BCUT2D eigenvalue weighted by molar-refractivity contribution is -0.143. The highest BCUT2D eigenvalue weighted by Gasteiger charge is 2.20. The Hall–Kier alpha value is -1.66. The Morgan fingerprint density at radius 1 is 0.329 bits per heavy atom. The molecule has 2 atom stereocenters. The topological polar surface area (TPSA) is 95.9 Å². The minimum Gasteiger partial charge on any atom is -0.466 e. The van der Waals surface area contributed by atoms with Gasteiger partial charge < -0.3 is 20.3 Å². The number of carbonyl (C=O) groups is 2. The molecule has 0 rings (SSSR count). The predicted octanol–water partition coefficient (Wildman–Crippen LogP) is 25.7. The first-order valence-corrected chi connectivity index (χ1v) is 39.1. The number of amides is 1. The molecule has 0 radical (unpaired) electrons.